The van der Waals surface area contributed by atoms with E-state index in [9.17, 15) is 0 Å². The first-order chi connectivity index (χ1) is 25.4. The van der Waals surface area contributed by atoms with Crippen molar-refractivity contribution in [1.29, 1.82) is 0 Å². The number of benzene rings is 4. The van der Waals surface area contributed by atoms with E-state index in [0.29, 0.717) is 27.6 Å². The molecule has 0 fully saturated rings. The van der Waals surface area contributed by atoms with Crippen LogP contribution in [-0.2, 0) is 26.5 Å². The van der Waals surface area contributed by atoms with E-state index in [1.54, 1.807) is 6.07 Å². The Labute approximate surface area is 331 Å². The molecular weight excluding hydrogens is 847 g/mol. The fourth-order valence-electron chi connectivity index (χ4n) is 6.66. The molecule has 7 aromatic rings. The zero-order valence-electron chi connectivity index (χ0n) is 31.9. The monoisotopic (exact) mass is 889 g/mol. The summed E-state index contributed by atoms with van der Waals surface area (Å²) in [5, 5.41) is 1.54. The maximum absolute atomic E-state index is 16.1. The Bertz CT molecular complexity index is 2460. The molecule has 1 radical (unpaired) electrons. The quantitative estimate of drug-likeness (QED) is 0.128. The maximum atomic E-state index is 16.1. The van der Waals surface area contributed by atoms with Crippen molar-refractivity contribution in [3.05, 3.63) is 138 Å². The molecule has 4 heterocycles. The van der Waals surface area contributed by atoms with E-state index < -0.39 is 6.98 Å². The number of pyridine rings is 2. The minimum Gasteiger partial charge on any atom is -0.500 e. The minimum absolute atomic E-state index is 0. The molecule has 0 bridgehead atoms. The molecule has 0 N–H and O–H groups in total. The second-order valence-corrected chi connectivity index (χ2v) is 15.1. The average Bonchev–Trinajstić information content (AvgIpc) is 3.67. The molecule has 8 rings (SSSR count). The van der Waals surface area contributed by atoms with E-state index in [0.717, 1.165) is 56.9 Å². The number of aryl methyl sites for hydroxylation is 3. The summed E-state index contributed by atoms with van der Waals surface area (Å²) in [6.45, 7) is 16.1. The first kappa shape index (κ1) is 38.7. The van der Waals surface area contributed by atoms with Gasteiger partial charge in [-0.3, -0.25) is 0 Å². The number of aromatic nitrogens is 2. The molecule has 54 heavy (non-hydrogen) atoms. The molecule has 0 unspecified atom stereocenters. The molecule has 0 saturated heterocycles. The van der Waals surface area contributed by atoms with Gasteiger partial charge in [-0.1, -0.05) is 92.7 Å². The Balaban J connectivity index is 0.000000279. The van der Waals surface area contributed by atoms with Gasteiger partial charge in [0.15, 0.2) is 0 Å². The van der Waals surface area contributed by atoms with Crippen molar-refractivity contribution in [1.82, 2.24) is 9.97 Å². The predicted octanol–water partition coefficient (Wildman–Crippen LogP) is 10.9. The summed E-state index contributed by atoms with van der Waals surface area (Å²) in [6.07, 6.45) is 4.72. The van der Waals surface area contributed by atoms with E-state index in [1.165, 1.54) is 16.7 Å². The molecule has 0 aliphatic carbocycles. The van der Waals surface area contributed by atoms with Crippen LogP contribution in [-0.4, -0.2) is 28.4 Å². The normalized spacial score (nSPS) is 12.6. The Kier molecular flexibility index (Phi) is 11.3. The van der Waals surface area contributed by atoms with Gasteiger partial charge in [-0.05, 0) is 73.7 Å². The molecule has 4 aromatic carbocycles. The van der Waals surface area contributed by atoms with E-state index in [2.05, 4.69) is 79.7 Å². The number of hydrogen-bond donors (Lipinski definition) is 0. The van der Waals surface area contributed by atoms with Gasteiger partial charge in [0.05, 0.1) is 5.58 Å². The Morgan fingerprint density at radius 3 is 2.09 bits per heavy atom. The Morgan fingerprint density at radius 1 is 0.741 bits per heavy atom. The van der Waals surface area contributed by atoms with Gasteiger partial charge >= 0.3 is 6.98 Å². The van der Waals surface area contributed by atoms with Crippen molar-refractivity contribution in [3.63, 3.8) is 0 Å². The van der Waals surface area contributed by atoms with Crippen molar-refractivity contribution in [2.24, 2.45) is 15.2 Å². The number of furan rings is 1. The first-order valence-electron chi connectivity index (χ1n) is 18.0. The van der Waals surface area contributed by atoms with Crippen molar-refractivity contribution in [3.8, 4) is 33.6 Å². The fourth-order valence-corrected chi connectivity index (χ4v) is 6.66. The molecule has 0 amide bonds. The summed E-state index contributed by atoms with van der Waals surface area (Å²) in [5.41, 5.74) is 13.4. The summed E-state index contributed by atoms with van der Waals surface area (Å²) < 4.78 is 22.7. The SMILES string of the molecule is CC1=NB(c2c(F)cc3c(oc4c(-c5cc(CC(C)(C)C)c(C)cn5)[c-]ccc43)c2-c2ccccc2)N=C1C.Cc1c[c-]c(-c2ccc(C)cn2)cc1.[Ir]. The van der Waals surface area contributed by atoms with Gasteiger partial charge in [-0.2, -0.15) is 0 Å². The van der Waals surface area contributed by atoms with Crippen molar-refractivity contribution in [2.75, 3.05) is 0 Å². The first-order valence-corrected chi connectivity index (χ1v) is 18.0. The molecule has 8 heteroatoms. The van der Waals surface area contributed by atoms with Gasteiger partial charge in [-0.15, -0.1) is 53.6 Å². The van der Waals surface area contributed by atoms with E-state index in [4.69, 9.17) is 9.40 Å². The Morgan fingerprint density at radius 2 is 1.44 bits per heavy atom. The predicted molar refractivity (Wildman–Crippen MR) is 219 cm³/mol. The van der Waals surface area contributed by atoms with E-state index in [1.807, 2.05) is 93.8 Å². The average molecular weight is 889 g/mol. The third kappa shape index (κ3) is 8.06. The van der Waals surface area contributed by atoms with Crippen LogP contribution in [0.5, 0.6) is 0 Å². The van der Waals surface area contributed by atoms with Crippen molar-refractivity contribution >= 4 is 45.8 Å². The topological polar surface area (TPSA) is 63.6 Å². The molecule has 0 atom stereocenters. The van der Waals surface area contributed by atoms with Crippen LogP contribution in [0.4, 0.5) is 4.39 Å². The number of hydrogen-bond acceptors (Lipinski definition) is 5. The van der Waals surface area contributed by atoms with Gasteiger partial charge in [0.25, 0.3) is 0 Å². The van der Waals surface area contributed by atoms with Gasteiger partial charge in [0, 0.05) is 60.3 Å². The molecule has 0 spiro atoms. The summed E-state index contributed by atoms with van der Waals surface area (Å²) in [6, 6.07) is 34.1. The van der Waals surface area contributed by atoms with Crippen LogP contribution in [0.25, 0.3) is 55.6 Å². The second kappa shape index (κ2) is 15.7. The largest absolute Gasteiger partial charge is 0.500 e. The molecule has 3 aromatic heterocycles. The van der Waals surface area contributed by atoms with Crippen LogP contribution in [0.2, 0.25) is 0 Å². The zero-order valence-corrected chi connectivity index (χ0v) is 34.3. The van der Waals surface area contributed by atoms with E-state index >= 15 is 4.39 Å². The second-order valence-electron chi connectivity index (χ2n) is 15.1. The number of fused-ring (bicyclic) bond motifs is 3. The van der Waals surface area contributed by atoms with Gasteiger partial charge < -0.3 is 24.2 Å². The summed E-state index contributed by atoms with van der Waals surface area (Å²) >= 11 is 0. The number of rotatable bonds is 5. The van der Waals surface area contributed by atoms with Crippen LogP contribution < -0.4 is 5.46 Å². The van der Waals surface area contributed by atoms with Crippen molar-refractivity contribution in [2.45, 2.75) is 61.8 Å². The summed E-state index contributed by atoms with van der Waals surface area (Å²) in [4.78, 5) is 18.5. The molecular formula is C46H42BFIrN4O-2. The van der Waals surface area contributed by atoms with Crippen molar-refractivity contribution < 1.29 is 28.9 Å². The maximum Gasteiger partial charge on any atom is 0.452 e. The summed E-state index contributed by atoms with van der Waals surface area (Å²) in [7, 11) is 0. The standard InChI is InChI=1S/C33H30BFN3O.C13H12N.Ir/c1-19-18-36-28(15-23(19)17-33(4,5)6)25-14-10-13-24-26-16-27(35)30(34-37-20(2)21(3)38-34)29(32(26)39-31(24)25)22-11-8-7-9-12-22;1-10-3-6-12(7-4-10)13-8-5-11(2)9-14-13;/h7-13,15-16,18H,17H2,1-6H3;3-6,8-9H,1-2H3;/q2*-1;. The molecule has 1 aliphatic heterocycles. The minimum atomic E-state index is -0.650. The van der Waals surface area contributed by atoms with Crippen LogP contribution in [0.15, 0.2) is 112 Å². The number of nitrogens with zero attached hydrogens (tertiary/aromatic N) is 4. The molecule has 273 valence electrons. The summed E-state index contributed by atoms with van der Waals surface area (Å²) in [5.74, 6) is -0.348. The van der Waals surface area contributed by atoms with Crippen LogP contribution in [0, 0.1) is 44.1 Å². The van der Waals surface area contributed by atoms with Gasteiger partial charge in [0.1, 0.15) is 11.4 Å². The third-order valence-electron chi connectivity index (χ3n) is 9.54. The fraction of sp³-hybridized carbons (Fsp3) is 0.217. The molecule has 0 saturated carbocycles. The van der Waals surface area contributed by atoms with Crippen LogP contribution in [0.1, 0.15) is 56.9 Å². The molecule has 5 nitrogen and oxygen atoms in total. The van der Waals surface area contributed by atoms with Gasteiger partial charge in [0.2, 0.25) is 0 Å². The Hall–Kier alpha value is -5.04. The third-order valence-corrected chi connectivity index (χ3v) is 9.54. The zero-order chi connectivity index (χ0) is 37.4. The van der Waals surface area contributed by atoms with Gasteiger partial charge in [-0.25, -0.2) is 4.39 Å². The van der Waals surface area contributed by atoms with E-state index in [-0.39, 0.29) is 31.3 Å². The van der Waals surface area contributed by atoms with Crippen LogP contribution >= 0.6 is 0 Å². The van der Waals surface area contributed by atoms with Crippen LogP contribution in [0.3, 0.4) is 0 Å². The smallest absolute Gasteiger partial charge is 0.452 e. The molecule has 1 aliphatic rings. The number of halogens is 1.